The quantitative estimate of drug-likeness (QED) is 0.337. The van der Waals surface area contributed by atoms with Crippen LogP contribution in [0.25, 0.3) is 4.85 Å². The van der Waals surface area contributed by atoms with Crippen molar-refractivity contribution in [3.63, 3.8) is 0 Å². The molecule has 2 atom stereocenters. The van der Waals surface area contributed by atoms with E-state index in [1.165, 1.54) is 0 Å². The fourth-order valence-corrected chi connectivity index (χ4v) is 5.26. The molecule has 2 aromatic rings. The summed E-state index contributed by atoms with van der Waals surface area (Å²) in [4.78, 5) is 8.38. The Kier molecular flexibility index (Phi) is 10.3. The second kappa shape index (κ2) is 13.6. The van der Waals surface area contributed by atoms with E-state index in [0.29, 0.717) is 30.5 Å². The molecule has 1 fully saturated rings. The van der Waals surface area contributed by atoms with Gasteiger partial charge in [0.1, 0.15) is 5.75 Å². The molecule has 2 unspecified atom stereocenters. The maximum absolute atomic E-state index is 10.2. The maximum atomic E-state index is 10.2. The maximum Gasteiger partial charge on any atom is 0.228 e. The third-order valence-corrected chi connectivity index (χ3v) is 7.42. The van der Waals surface area contributed by atoms with Gasteiger partial charge >= 0.3 is 0 Å². The van der Waals surface area contributed by atoms with E-state index in [2.05, 4.69) is 52.8 Å². The van der Waals surface area contributed by atoms with Gasteiger partial charge in [-0.05, 0) is 49.9 Å². The molecule has 0 bridgehead atoms. The zero-order valence-corrected chi connectivity index (χ0v) is 21.6. The Balaban J connectivity index is 1.53. The van der Waals surface area contributed by atoms with Crippen molar-refractivity contribution in [3.05, 3.63) is 71.6 Å². The smallest absolute Gasteiger partial charge is 0.228 e. The minimum Gasteiger partial charge on any atom is -0.503 e. The molecule has 188 valence electrons. The van der Waals surface area contributed by atoms with Crippen LogP contribution in [0.2, 0.25) is 0 Å². The van der Waals surface area contributed by atoms with Crippen molar-refractivity contribution >= 4 is 5.69 Å². The average molecular weight is 484 g/mol. The molecule has 36 heavy (non-hydrogen) atoms. The molecule has 0 aromatic heterocycles. The summed E-state index contributed by atoms with van der Waals surface area (Å²) in [6.07, 6.45) is 3.38. The van der Waals surface area contributed by atoms with E-state index < -0.39 is 5.41 Å². The lowest BCUT2D eigenvalue weighted by Gasteiger charge is -2.32. The predicted octanol–water partition coefficient (Wildman–Crippen LogP) is 5.80. The highest BCUT2D eigenvalue weighted by molar-refractivity contribution is 5.56. The van der Waals surface area contributed by atoms with Gasteiger partial charge in [0.2, 0.25) is 5.69 Å². The highest BCUT2D eigenvalue weighted by Crippen LogP contribution is 2.36. The molecule has 1 heterocycles. The zero-order chi connectivity index (χ0) is 25.8. The Bertz CT molecular complexity index is 1080. The summed E-state index contributed by atoms with van der Waals surface area (Å²) in [6.45, 7) is 16.5. The van der Waals surface area contributed by atoms with Crippen molar-refractivity contribution in [3.8, 4) is 17.9 Å². The van der Waals surface area contributed by atoms with Crippen molar-refractivity contribution < 1.29 is 4.74 Å². The topological polar surface area (TPSA) is 67.7 Å². The Morgan fingerprint density at radius 1 is 1.14 bits per heavy atom. The lowest BCUT2D eigenvalue weighted by Crippen LogP contribution is -2.41. The van der Waals surface area contributed by atoms with E-state index in [9.17, 15) is 5.26 Å². The van der Waals surface area contributed by atoms with Crippen molar-refractivity contribution in [2.24, 2.45) is 5.92 Å². The first kappa shape index (κ1) is 27.2. The summed E-state index contributed by atoms with van der Waals surface area (Å²) in [7, 11) is 0. The molecule has 0 radical (unpaired) electrons. The monoisotopic (exact) mass is 483 g/mol. The van der Waals surface area contributed by atoms with E-state index in [1.54, 1.807) is 6.07 Å². The lowest BCUT2D eigenvalue weighted by atomic mass is 9.70. The van der Waals surface area contributed by atoms with Crippen LogP contribution >= 0.6 is 0 Å². The molecule has 1 aliphatic rings. The van der Waals surface area contributed by atoms with Gasteiger partial charge in [-0.25, -0.2) is 4.85 Å². The number of nitriles is 2. The first-order chi connectivity index (χ1) is 17.5. The number of ether oxygens (including phenoxy) is 1. The van der Waals surface area contributed by atoms with Gasteiger partial charge in [-0.1, -0.05) is 62.4 Å². The van der Waals surface area contributed by atoms with E-state index >= 15 is 0 Å². The van der Waals surface area contributed by atoms with Gasteiger partial charge in [0.15, 0.2) is 0 Å². The van der Waals surface area contributed by atoms with Crippen molar-refractivity contribution in [1.82, 2.24) is 9.80 Å². The molecular weight excluding hydrogens is 446 g/mol. The average Bonchev–Trinajstić information content (AvgIpc) is 3.38. The Hall–Kier alpha value is -3.37. The Morgan fingerprint density at radius 2 is 1.89 bits per heavy atom. The van der Waals surface area contributed by atoms with Crippen molar-refractivity contribution in [2.75, 3.05) is 39.3 Å². The number of likely N-dealkylation sites (tertiary alicyclic amines) is 1. The van der Waals surface area contributed by atoms with Gasteiger partial charge in [0, 0.05) is 32.1 Å². The Labute approximate surface area is 216 Å². The minimum atomic E-state index is -0.460. The largest absolute Gasteiger partial charge is 0.503 e. The fourth-order valence-electron chi connectivity index (χ4n) is 5.26. The Morgan fingerprint density at radius 3 is 2.58 bits per heavy atom. The number of para-hydroxylation sites is 2. The SMILES string of the molecule is [C-]#[N+]c1ccccc1OCCN(CCC#N)C1CCN(CCCC(C#N)(c2ccccc2)C(C)C)C1. The summed E-state index contributed by atoms with van der Waals surface area (Å²) >= 11 is 0. The van der Waals surface area contributed by atoms with Gasteiger partial charge < -0.3 is 9.64 Å². The second-order valence-corrected chi connectivity index (χ2v) is 9.82. The molecular formula is C30H37N5O. The number of hydrogen-bond acceptors (Lipinski definition) is 5. The van der Waals surface area contributed by atoms with Crippen LogP contribution in [-0.4, -0.2) is 55.2 Å². The number of nitrogens with zero attached hydrogens (tertiary/aromatic N) is 5. The normalized spacial score (nSPS) is 17.3. The van der Waals surface area contributed by atoms with Crippen LogP contribution < -0.4 is 4.74 Å². The van der Waals surface area contributed by atoms with Gasteiger partial charge in [-0.2, -0.15) is 10.5 Å². The summed E-state index contributed by atoms with van der Waals surface area (Å²) in [5.41, 5.74) is 1.18. The van der Waals surface area contributed by atoms with Gasteiger partial charge in [-0.3, -0.25) is 4.90 Å². The predicted molar refractivity (Wildman–Crippen MR) is 143 cm³/mol. The summed E-state index contributed by atoms with van der Waals surface area (Å²) in [5.74, 6) is 0.857. The standard InChI is InChI=1S/C30H37N5O/c1-25(2)30(24-32,26-11-5-4-6-12-26)16-9-18-34-20-15-27(23-34)35(19-10-17-31)21-22-36-29-14-8-7-13-28(29)33-3/h4-8,11-14,25,27H,9-10,15-16,18-23H2,1-2H3. The van der Waals surface area contributed by atoms with Crippen LogP contribution in [0.3, 0.4) is 0 Å². The summed E-state index contributed by atoms with van der Waals surface area (Å²) in [5, 5.41) is 19.3. The molecule has 1 saturated heterocycles. The molecule has 0 amide bonds. The van der Waals surface area contributed by atoms with Crippen LogP contribution in [0.5, 0.6) is 5.75 Å². The molecule has 0 aliphatic carbocycles. The van der Waals surface area contributed by atoms with E-state index in [1.807, 2.05) is 36.4 Å². The van der Waals surface area contributed by atoms with Crippen LogP contribution in [-0.2, 0) is 5.41 Å². The third kappa shape index (κ3) is 6.86. The second-order valence-electron chi connectivity index (χ2n) is 9.82. The molecule has 0 spiro atoms. The zero-order valence-electron chi connectivity index (χ0n) is 21.6. The highest BCUT2D eigenvalue weighted by atomic mass is 16.5. The number of hydrogen-bond donors (Lipinski definition) is 0. The number of rotatable bonds is 13. The van der Waals surface area contributed by atoms with Crippen LogP contribution in [0, 0.1) is 35.2 Å². The van der Waals surface area contributed by atoms with Gasteiger partial charge in [-0.15, -0.1) is 0 Å². The van der Waals surface area contributed by atoms with Crippen LogP contribution in [0.1, 0.15) is 45.1 Å². The van der Waals surface area contributed by atoms with Gasteiger partial charge in [0.05, 0.1) is 30.7 Å². The first-order valence-corrected chi connectivity index (χ1v) is 12.9. The molecule has 1 aliphatic heterocycles. The van der Waals surface area contributed by atoms with Crippen LogP contribution in [0.4, 0.5) is 5.69 Å². The van der Waals surface area contributed by atoms with E-state index in [0.717, 1.165) is 57.5 Å². The van der Waals surface area contributed by atoms with Crippen LogP contribution in [0.15, 0.2) is 54.6 Å². The molecule has 3 rings (SSSR count). The number of benzene rings is 2. The lowest BCUT2D eigenvalue weighted by molar-refractivity contribution is 0.160. The molecule has 0 saturated carbocycles. The molecule has 6 heteroatoms. The molecule has 0 N–H and O–H groups in total. The first-order valence-electron chi connectivity index (χ1n) is 12.9. The van der Waals surface area contributed by atoms with Crippen molar-refractivity contribution in [1.29, 1.82) is 10.5 Å². The summed E-state index contributed by atoms with van der Waals surface area (Å²) in [6, 6.07) is 22.9. The summed E-state index contributed by atoms with van der Waals surface area (Å²) < 4.78 is 5.92. The van der Waals surface area contributed by atoms with E-state index in [-0.39, 0.29) is 5.92 Å². The van der Waals surface area contributed by atoms with Crippen molar-refractivity contribution in [2.45, 2.75) is 51.0 Å². The molecule has 6 nitrogen and oxygen atoms in total. The molecule has 2 aromatic carbocycles. The highest BCUT2D eigenvalue weighted by Gasteiger charge is 2.36. The fraction of sp³-hybridized carbons (Fsp3) is 0.500. The van der Waals surface area contributed by atoms with Gasteiger partial charge in [0.25, 0.3) is 0 Å². The minimum absolute atomic E-state index is 0.241. The third-order valence-electron chi connectivity index (χ3n) is 7.42. The van der Waals surface area contributed by atoms with E-state index in [4.69, 9.17) is 16.6 Å².